The van der Waals surface area contributed by atoms with Gasteiger partial charge in [0.25, 0.3) is 0 Å². The van der Waals surface area contributed by atoms with Crippen LogP contribution >= 0.6 is 0 Å². The van der Waals surface area contributed by atoms with Gasteiger partial charge in [-0.2, -0.15) is 0 Å². The van der Waals surface area contributed by atoms with E-state index in [2.05, 4.69) is 5.32 Å². The lowest BCUT2D eigenvalue weighted by Gasteiger charge is -2.27. The van der Waals surface area contributed by atoms with E-state index in [9.17, 15) is 9.59 Å². The Labute approximate surface area is 125 Å². The third kappa shape index (κ3) is 4.75. The Kier molecular flexibility index (Phi) is 6.17. The summed E-state index contributed by atoms with van der Waals surface area (Å²) in [6.07, 6.45) is 0. The zero-order valence-electron chi connectivity index (χ0n) is 13.1. The van der Waals surface area contributed by atoms with Crippen molar-refractivity contribution in [2.24, 2.45) is 0 Å². The molecule has 0 heterocycles. The monoisotopic (exact) mass is 292 g/mol. The molecule has 116 valence electrons. The summed E-state index contributed by atoms with van der Waals surface area (Å²) in [5.41, 5.74) is 6.92. The number of hydrogen-bond acceptors (Lipinski definition) is 4. The van der Waals surface area contributed by atoms with E-state index in [0.29, 0.717) is 17.9 Å². The van der Waals surface area contributed by atoms with Crippen LogP contribution in [0.5, 0.6) is 0 Å². The number of anilines is 2. The maximum atomic E-state index is 12.3. The van der Waals surface area contributed by atoms with Crippen LogP contribution in [0.1, 0.15) is 13.8 Å². The number of carbonyl (C=O) groups is 2. The summed E-state index contributed by atoms with van der Waals surface area (Å²) >= 11 is 0. The largest absolute Gasteiger partial charge is 0.397 e. The van der Waals surface area contributed by atoms with E-state index >= 15 is 0 Å². The third-order valence-corrected chi connectivity index (χ3v) is 3.39. The van der Waals surface area contributed by atoms with Gasteiger partial charge in [0.2, 0.25) is 11.8 Å². The van der Waals surface area contributed by atoms with Gasteiger partial charge in [-0.1, -0.05) is 19.1 Å². The van der Waals surface area contributed by atoms with E-state index in [1.54, 1.807) is 33.2 Å². The Morgan fingerprint density at radius 1 is 1.29 bits per heavy atom. The van der Waals surface area contributed by atoms with E-state index in [1.165, 1.54) is 4.90 Å². The number of carbonyl (C=O) groups excluding carboxylic acids is 2. The minimum atomic E-state index is -0.418. The van der Waals surface area contributed by atoms with Crippen LogP contribution in [-0.2, 0) is 9.59 Å². The van der Waals surface area contributed by atoms with Crippen molar-refractivity contribution >= 4 is 23.2 Å². The highest BCUT2D eigenvalue weighted by molar-refractivity contribution is 5.97. The van der Waals surface area contributed by atoms with Crippen LogP contribution in [0.15, 0.2) is 24.3 Å². The molecule has 0 aliphatic rings. The average Bonchev–Trinajstić information content (AvgIpc) is 2.45. The van der Waals surface area contributed by atoms with Crippen molar-refractivity contribution in [2.75, 3.05) is 38.2 Å². The first-order valence-electron chi connectivity index (χ1n) is 6.96. The maximum absolute atomic E-state index is 12.3. The number of para-hydroxylation sites is 2. The summed E-state index contributed by atoms with van der Waals surface area (Å²) in [5.74, 6) is -0.211. The predicted molar refractivity (Wildman–Crippen MR) is 84.9 cm³/mol. The molecule has 0 aliphatic heterocycles. The number of hydrogen-bond donors (Lipinski definition) is 2. The normalized spacial score (nSPS) is 12.0. The highest BCUT2D eigenvalue weighted by Gasteiger charge is 2.23. The molecule has 0 radical (unpaired) electrons. The summed E-state index contributed by atoms with van der Waals surface area (Å²) < 4.78 is 0. The van der Waals surface area contributed by atoms with Gasteiger partial charge in [-0.3, -0.25) is 14.5 Å². The standard InChI is InChI=1S/C15H24N4O2/c1-5-19(10-14(20)18(3)4)11(2)15(21)17-13-9-7-6-8-12(13)16/h6-9,11H,5,10,16H2,1-4H3,(H,17,21). The van der Waals surface area contributed by atoms with E-state index in [0.717, 1.165) is 0 Å². The van der Waals surface area contributed by atoms with Crippen molar-refractivity contribution in [3.05, 3.63) is 24.3 Å². The van der Waals surface area contributed by atoms with Gasteiger partial charge in [0.15, 0.2) is 0 Å². The fraction of sp³-hybridized carbons (Fsp3) is 0.467. The molecule has 0 saturated carbocycles. The lowest BCUT2D eigenvalue weighted by atomic mass is 10.2. The molecule has 1 rings (SSSR count). The molecule has 1 atom stereocenters. The number of nitrogens with two attached hydrogens (primary N) is 1. The predicted octanol–water partition coefficient (Wildman–Crippen LogP) is 1.01. The summed E-state index contributed by atoms with van der Waals surface area (Å²) in [7, 11) is 3.40. The molecular weight excluding hydrogens is 268 g/mol. The van der Waals surface area contributed by atoms with Gasteiger partial charge in [0.1, 0.15) is 0 Å². The lowest BCUT2D eigenvalue weighted by Crippen LogP contribution is -2.46. The SMILES string of the molecule is CCN(CC(=O)N(C)C)C(C)C(=O)Nc1ccccc1N. The van der Waals surface area contributed by atoms with Gasteiger partial charge in [-0.25, -0.2) is 0 Å². The molecule has 6 heteroatoms. The molecule has 1 unspecified atom stereocenters. The Morgan fingerprint density at radius 2 is 1.90 bits per heavy atom. The van der Waals surface area contributed by atoms with E-state index in [1.807, 2.05) is 24.0 Å². The van der Waals surface area contributed by atoms with Gasteiger partial charge < -0.3 is 16.0 Å². The van der Waals surface area contributed by atoms with Crippen molar-refractivity contribution in [2.45, 2.75) is 19.9 Å². The van der Waals surface area contributed by atoms with Gasteiger partial charge in [-0.05, 0) is 25.6 Å². The molecule has 6 nitrogen and oxygen atoms in total. The van der Waals surface area contributed by atoms with Crippen LogP contribution in [0.25, 0.3) is 0 Å². The molecule has 0 fully saturated rings. The second kappa shape index (κ2) is 7.64. The number of nitrogens with zero attached hydrogens (tertiary/aromatic N) is 2. The molecule has 0 spiro atoms. The summed E-state index contributed by atoms with van der Waals surface area (Å²) in [6.45, 7) is 4.52. The average molecular weight is 292 g/mol. The second-order valence-corrected chi connectivity index (χ2v) is 5.10. The van der Waals surface area contributed by atoms with Crippen molar-refractivity contribution in [1.29, 1.82) is 0 Å². The van der Waals surface area contributed by atoms with Crippen molar-refractivity contribution in [3.8, 4) is 0 Å². The van der Waals surface area contributed by atoms with Gasteiger partial charge >= 0.3 is 0 Å². The topological polar surface area (TPSA) is 78.7 Å². The Bertz CT molecular complexity index is 502. The fourth-order valence-corrected chi connectivity index (χ4v) is 1.85. The van der Waals surface area contributed by atoms with Crippen molar-refractivity contribution in [3.63, 3.8) is 0 Å². The number of likely N-dealkylation sites (N-methyl/N-ethyl adjacent to an activating group) is 2. The molecule has 0 aliphatic carbocycles. The van der Waals surface area contributed by atoms with Crippen LogP contribution < -0.4 is 11.1 Å². The fourth-order valence-electron chi connectivity index (χ4n) is 1.85. The van der Waals surface area contributed by atoms with E-state index in [4.69, 9.17) is 5.73 Å². The first-order chi connectivity index (χ1) is 9.86. The lowest BCUT2D eigenvalue weighted by molar-refractivity contribution is -0.131. The minimum absolute atomic E-state index is 0.0317. The van der Waals surface area contributed by atoms with Crippen molar-refractivity contribution < 1.29 is 9.59 Å². The number of amides is 2. The van der Waals surface area contributed by atoms with Crippen molar-refractivity contribution in [1.82, 2.24) is 9.80 Å². The van der Waals surface area contributed by atoms with Crippen LogP contribution in [-0.4, -0.2) is 54.8 Å². The van der Waals surface area contributed by atoms with E-state index < -0.39 is 6.04 Å². The molecule has 1 aromatic rings. The highest BCUT2D eigenvalue weighted by atomic mass is 16.2. The van der Waals surface area contributed by atoms with Crippen LogP contribution in [0.4, 0.5) is 11.4 Å². The molecule has 1 aromatic carbocycles. The number of nitrogen functional groups attached to an aromatic ring is 1. The van der Waals surface area contributed by atoms with Gasteiger partial charge in [0.05, 0.1) is 24.0 Å². The Morgan fingerprint density at radius 3 is 2.43 bits per heavy atom. The molecule has 0 bridgehead atoms. The minimum Gasteiger partial charge on any atom is -0.397 e. The zero-order chi connectivity index (χ0) is 16.0. The third-order valence-electron chi connectivity index (χ3n) is 3.39. The van der Waals surface area contributed by atoms with Crippen LogP contribution in [0, 0.1) is 0 Å². The summed E-state index contributed by atoms with van der Waals surface area (Å²) in [4.78, 5) is 27.4. The molecular formula is C15H24N4O2. The molecule has 2 amide bonds. The molecule has 3 N–H and O–H groups in total. The molecule has 0 saturated heterocycles. The Balaban J connectivity index is 2.71. The van der Waals surface area contributed by atoms with Crippen LogP contribution in [0.2, 0.25) is 0 Å². The van der Waals surface area contributed by atoms with Crippen LogP contribution in [0.3, 0.4) is 0 Å². The quantitative estimate of drug-likeness (QED) is 0.767. The van der Waals surface area contributed by atoms with Gasteiger partial charge in [-0.15, -0.1) is 0 Å². The smallest absolute Gasteiger partial charge is 0.241 e. The first kappa shape index (κ1) is 17.0. The number of rotatable bonds is 6. The maximum Gasteiger partial charge on any atom is 0.241 e. The zero-order valence-corrected chi connectivity index (χ0v) is 13.1. The summed E-state index contributed by atoms with van der Waals surface area (Å²) in [6, 6.07) is 6.68. The summed E-state index contributed by atoms with van der Waals surface area (Å²) in [5, 5.41) is 2.80. The second-order valence-electron chi connectivity index (χ2n) is 5.10. The highest BCUT2D eigenvalue weighted by Crippen LogP contribution is 2.17. The van der Waals surface area contributed by atoms with E-state index in [-0.39, 0.29) is 18.4 Å². The number of nitrogens with one attached hydrogen (secondary N) is 1. The molecule has 0 aromatic heterocycles. The first-order valence-corrected chi connectivity index (χ1v) is 6.96. The van der Waals surface area contributed by atoms with Gasteiger partial charge in [0, 0.05) is 14.1 Å². The molecule has 21 heavy (non-hydrogen) atoms. The number of benzene rings is 1. The Hall–Kier alpha value is -2.08.